The number of benzene rings is 1. The predicted molar refractivity (Wildman–Crippen MR) is 87.1 cm³/mol. The van der Waals surface area contributed by atoms with Gasteiger partial charge >= 0.3 is 11.7 Å². The summed E-state index contributed by atoms with van der Waals surface area (Å²) < 4.78 is 18.2. The number of carbonyl (C=O) groups excluding carboxylic acids is 3. The van der Waals surface area contributed by atoms with Crippen LogP contribution in [0.25, 0.3) is 5.53 Å². The number of nitrogens with zero attached hydrogens (tertiary/aromatic N) is 3. The molecular formula is C16H15FN4O6. The molecule has 10 nitrogen and oxygen atoms in total. The standard InChI is InChI=1S/C16H15FN4O6/c1-8(17)13-11(19-15(13)23)6-12(22)14(20-18)16(24)27-7-9-2-4-10(5-3-9)21(25)26/h2-5,8,11,13H,6-7H2,1H3,(H,19,23)/t8-,11+,13+/m0/s1. The number of nitro benzene ring substituents is 1. The first kappa shape index (κ1) is 19.9. The van der Waals surface area contributed by atoms with Crippen molar-refractivity contribution in [2.45, 2.75) is 32.2 Å². The second-order valence-electron chi connectivity index (χ2n) is 5.89. The number of ether oxygens (including phenoxy) is 1. The third-order valence-corrected chi connectivity index (χ3v) is 4.04. The van der Waals surface area contributed by atoms with Gasteiger partial charge in [0.2, 0.25) is 5.91 Å². The van der Waals surface area contributed by atoms with E-state index >= 15 is 0 Å². The lowest BCUT2D eigenvalue weighted by atomic mass is 9.83. The summed E-state index contributed by atoms with van der Waals surface area (Å²) in [5, 5.41) is 12.9. The zero-order valence-corrected chi connectivity index (χ0v) is 14.1. The van der Waals surface area contributed by atoms with E-state index in [0.717, 1.165) is 0 Å². The summed E-state index contributed by atoms with van der Waals surface area (Å²) >= 11 is 0. The number of rotatable bonds is 8. The third kappa shape index (κ3) is 4.59. The monoisotopic (exact) mass is 378 g/mol. The van der Waals surface area contributed by atoms with Crippen LogP contribution in [-0.4, -0.2) is 45.3 Å². The van der Waals surface area contributed by atoms with Gasteiger partial charge in [-0.1, -0.05) is 0 Å². The number of nitrogens with one attached hydrogen (secondary N) is 1. The van der Waals surface area contributed by atoms with Gasteiger partial charge in [-0.15, -0.1) is 0 Å². The molecule has 0 aliphatic carbocycles. The van der Waals surface area contributed by atoms with Gasteiger partial charge < -0.3 is 15.6 Å². The van der Waals surface area contributed by atoms with E-state index in [-0.39, 0.29) is 12.3 Å². The Balaban J connectivity index is 1.93. The number of alkyl halides is 1. The van der Waals surface area contributed by atoms with Crippen molar-refractivity contribution in [3.8, 4) is 0 Å². The minimum atomic E-state index is -1.47. The van der Waals surface area contributed by atoms with Crippen molar-refractivity contribution in [1.29, 1.82) is 0 Å². The second kappa shape index (κ2) is 8.28. The Morgan fingerprint density at radius 1 is 1.41 bits per heavy atom. The van der Waals surface area contributed by atoms with Crippen molar-refractivity contribution in [2.24, 2.45) is 5.92 Å². The van der Waals surface area contributed by atoms with Crippen LogP contribution in [0, 0.1) is 16.0 Å². The SMILES string of the molecule is C[C@H](F)[C@H]1C(=O)N[C@@H]1CC(=O)C(=[N+]=[N-])C(=O)OCc1ccc([N+](=O)[O-])cc1. The molecule has 1 aromatic rings. The van der Waals surface area contributed by atoms with Crippen molar-refractivity contribution in [3.63, 3.8) is 0 Å². The molecular weight excluding hydrogens is 363 g/mol. The molecule has 1 saturated heterocycles. The molecule has 0 bridgehead atoms. The van der Waals surface area contributed by atoms with Crippen LogP contribution in [0.2, 0.25) is 0 Å². The zero-order valence-electron chi connectivity index (χ0n) is 14.1. The fourth-order valence-electron chi connectivity index (χ4n) is 2.60. The van der Waals surface area contributed by atoms with Gasteiger partial charge in [0.15, 0.2) is 0 Å². The van der Waals surface area contributed by atoms with Crippen molar-refractivity contribution in [3.05, 3.63) is 45.5 Å². The van der Waals surface area contributed by atoms with Crippen LogP contribution >= 0.6 is 0 Å². The molecule has 142 valence electrons. The normalized spacial score (nSPS) is 19.1. The Bertz CT molecular complexity index is 832. The second-order valence-corrected chi connectivity index (χ2v) is 5.89. The van der Waals surface area contributed by atoms with Crippen LogP contribution in [0.5, 0.6) is 0 Å². The summed E-state index contributed by atoms with van der Waals surface area (Å²) in [6.45, 7) is 0.869. The molecule has 11 heteroatoms. The lowest BCUT2D eigenvalue weighted by Crippen LogP contribution is -2.62. The van der Waals surface area contributed by atoms with E-state index in [9.17, 15) is 28.9 Å². The zero-order chi connectivity index (χ0) is 20.1. The molecule has 27 heavy (non-hydrogen) atoms. The van der Waals surface area contributed by atoms with Gasteiger partial charge in [0.25, 0.3) is 11.5 Å². The lowest BCUT2D eigenvalue weighted by molar-refractivity contribution is -0.384. The molecule has 1 aliphatic heterocycles. The highest BCUT2D eigenvalue weighted by atomic mass is 19.1. The number of nitro groups is 1. The van der Waals surface area contributed by atoms with Crippen molar-refractivity contribution in [2.75, 3.05) is 0 Å². The maximum Gasteiger partial charge on any atom is 0.441 e. The molecule has 1 heterocycles. The van der Waals surface area contributed by atoms with E-state index in [2.05, 4.69) is 10.1 Å². The molecule has 1 fully saturated rings. The Hall–Kier alpha value is -3.46. The topological polar surface area (TPSA) is 152 Å². The maximum atomic E-state index is 13.3. The minimum absolute atomic E-state index is 0.142. The van der Waals surface area contributed by atoms with E-state index in [1.807, 2.05) is 0 Å². The minimum Gasteiger partial charge on any atom is -0.452 e. The van der Waals surface area contributed by atoms with Gasteiger partial charge in [0.1, 0.15) is 12.8 Å². The predicted octanol–water partition coefficient (Wildman–Crippen LogP) is 0.741. The van der Waals surface area contributed by atoms with E-state index < -0.39 is 52.8 Å². The summed E-state index contributed by atoms with van der Waals surface area (Å²) in [6, 6.07) is 4.35. The fourth-order valence-corrected chi connectivity index (χ4v) is 2.60. The molecule has 1 amide bonds. The van der Waals surface area contributed by atoms with Crippen LogP contribution < -0.4 is 5.32 Å². The van der Waals surface area contributed by atoms with E-state index in [4.69, 9.17) is 10.3 Å². The molecule has 1 aliphatic rings. The first-order chi connectivity index (χ1) is 12.7. The molecule has 0 saturated carbocycles. The number of halogens is 1. The Morgan fingerprint density at radius 2 is 2.04 bits per heavy atom. The summed E-state index contributed by atoms with van der Waals surface area (Å²) in [4.78, 5) is 47.9. The highest BCUT2D eigenvalue weighted by Gasteiger charge is 2.46. The average Bonchev–Trinajstić information content (AvgIpc) is 2.59. The average molecular weight is 378 g/mol. The van der Waals surface area contributed by atoms with Gasteiger partial charge in [0.05, 0.1) is 16.9 Å². The molecule has 0 radical (unpaired) electrons. The first-order valence-corrected chi connectivity index (χ1v) is 7.84. The van der Waals surface area contributed by atoms with Gasteiger partial charge in [0, 0.05) is 18.6 Å². The van der Waals surface area contributed by atoms with Gasteiger partial charge in [-0.05, 0) is 24.6 Å². The van der Waals surface area contributed by atoms with Crippen LogP contribution in [0.15, 0.2) is 24.3 Å². The Morgan fingerprint density at radius 3 is 2.52 bits per heavy atom. The van der Waals surface area contributed by atoms with E-state index in [1.165, 1.54) is 31.2 Å². The fraction of sp³-hybridized carbons (Fsp3) is 0.375. The number of carbonyl (C=O) groups is 3. The summed E-state index contributed by atoms with van der Waals surface area (Å²) in [7, 11) is 0. The van der Waals surface area contributed by atoms with Gasteiger partial charge in [-0.25, -0.2) is 9.18 Å². The lowest BCUT2D eigenvalue weighted by Gasteiger charge is -2.36. The molecule has 1 aromatic carbocycles. The van der Waals surface area contributed by atoms with Crippen molar-refractivity contribution in [1.82, 2.24) is 5.32 Å². The number of Topliss-reactive ketones (excluding diaryl/α,β-unsaturated/α-hetero) is 1. The molecule has 0 aromatic heterocycles. The highest BCUT2D eigenvalue weighted by Crippen LogP contribution is 2.24. The Kier molecular flexibility index (Phi) is 6.09. The smallest absolute Gasteiger partial charge is 0.441 e. The number of esters is 1. The summed E-state index contributed by atoms with van der Waals surface area (Å²) in [5.41, 5.74) is 8.31. The first-order valence-electron chi connectivity index (χ1n) is 7.84. The van der Waals surface area contributed by atoms with Crippen LogP contribution in [0.3, 0.4) is 0 Å². The number of ketones is 1. The van der Waals surface area contributed by atoms with Crippen molar-refractivity contribution < 1.29 is 33.2 Å². The van der Waals surface area contributed by atoms with Crippen molar-refractivity contribution >= 4 is 29.1 Å². The van der Waals surface area contributed by atoms with Gasteiger partial charge in [-0.3, -0.25) is 19.7 Å². The Labute approximate surface area is 152 Å². The van der Waals surface area contributed by atoms with E-state index in [0.29, 0.717) is 5.56 Å². The quantitative estimate of drug-likeness (QED) is 0.103. The highest BCUT2D eigenvalue weighted by molar-refractivity contribution is 6.62. The van der Waals surface area contributed by atoms with E-state index in [1.54, 1.807) is 0 Å². The van der Waals surface area contributed by atoms with Crippen LogP contribution in [0.1, 0.15) is 18.9 Å². The summed E-state index contributed by atoms with van der Waals surface area (Å²) in [5.74, 6) is -3.67. The van der Waals surface area contributed by atoms with Crippen LogP contribution in [0.4, 0.5) is 10.1 Å². The number of β-lactam (4-membered cyclic amide) rings is 1. The molecule has 0 spiro atoms. The number of non-ortho nitro benzene ring substituents is 1. The number of hydrogen-bond donors (Lipinski definition) is 1. The molecule has 3 atom stereocenters. The summed E-state index contributed by atoms with van der Waals surface area (Å²) in [6.07, 6.45) is -1.89. The molecule has 2 rings (SSSR count). The number of hydrogen-bond acceptors (Lipinski definition) is 6. The third-order valence-electron chi connectivity index (χ3n) is 4.04. The molecule has 0 unspecified atom stereocenters. The largest absolute Gasteiger partial charge is 0.452 e. The van der Waals surface area contributed by atoms with Gasteiger partial charge in [-0.2, -0.15) is 4.79 Å². The molecule has 1 N–H and O–H groups in total. The maximum absolute atomic E-state index is 13.3. The van der Waals surface area contributed by atoms with Crippen LogP contribution in [-0.2, 0) is 25.7 Å². The number of amides is 1.